The van der Waals surface area contributed by atoms with Crippen LogP contribution in [-0.4, -0.2) is 29.3 Å². The number of halogens is 1. The third-order valence-corrected chi connectivity index (χ3v) is 5.62. The minimum absolute atomic E-state index is 0.107. The zero-order valence-corrected chi connectivity index (χ0v) is 16.2. The number of phenolic OH excluding ortho intramolecular Hbond substituents is 1. The highest BCUT2D eigenvalue weighted by atomic mass is 35.5. The van der Waals surface area contributed by atoms with E-state index in [0.717, 1.165) is 22.4 Å². The van der Waals surface area contributed by atoms with Crippen molar-refractivity contribution < 1.29 is 19.4 Å². The highest BCUT2D eigenvalue weighted by Gasteiger charge is 2.34. The van der Waals surface area contributed by atoms with Gasteiger partial charge in [-0.1, -0.05) is 29.8 Å². The Morgan fingerprint density at radius 3 is 2.62 bits per heavy atom. The van der Waals surface area contributed by atoms with E-state index in [-0.39, 0.29) is 24.5 Å². The lowest BCUT2D eigenvalue weighted by molar-refractivity contribution is 0.0694. The maximum absolute atomic E-state index is 13.4. The van der Waals surface area contributed by atoms with Gasteiger partial charge >= 0.3 is 0 Å². The van der Waals surface area contributed by atoms with Crippen LogP contribution < -0.4 is 9.47 Å². The summed E-state index contributed by atoms with van der Waals surface area (Å²) >= 11 is 6.11. The van der Waals surface area contributed by atoms with Gasteiger partial charge in [0.05, 0.1) is 6.04 Å². The van der Waals surface area contributed by atoms with Crippen molar-refractivity contribution in [2.24, 2.45) is 0 Å². The van der Waals surface area contributed by atoms with Crippen LogP contribution in [0.25, 0.3) is 0 Å². The maximum Gasteiger partial charge on any atom is 0.254 e. The van der Waals surface area contributed by atoms with Crippen LogP contribution in [0.15, 0.2) is 60.7 Å². The Bertz CT molecular complexity index is 1110. The number of nitrogens with zero attached hydrogens (tertiary/aromatic N) is 1. The molecular weight excluding hydrogens is 390 g/mol. The van der Waals surface area contributed by atoms with Crippen molar-refractivity contribution in [3.63, 3.8) is 0 Å². The van der Waals surface area contributed by atoms with Crippen molar-refractivity contribution in [3.05, 3.63) is 87.9 Å². The zero-order valence-electron chi connectivity index (χ0n) is 15.5. The van der Waals surface area contributed by atoms with Crippen LogP contribution in [-0.2, 0) is 6.42 Å². The molecule has 2 aliphatic heterocycles. The number of ether oxygens (including phenoxy) is 2. The first-order chi connectivity index (χ1) is 14.1. The molecule has 1 unspecified atom stereocenters. The fraction of sp³-hybridized carbons (Fsp3) is 0.174. The quantitative estimate of drug-likeness (QED) is 0.676. The third-order valence-electron chi connectivity index (χ3n) is 5.38. The topological polar surface area (TPSA) is 59.0 Å². The molecule has 1 amide bonds. The number of carbonyl (C=O) groups is 1. The summed E-state index contributed by atoms with van der Waals surface area (Å²) in [7, 11) is 0. The molecule has 0 spiro atoms. The molecule has 2 aliphatic rings. The van der Waals surface area contributed by atoms with E-state index in [0.29, 0.717) is 29.3 Å². The number of hydrogen-bond donors (Lipinski definition) is 1. The molecule has 2 heterocycles. The van der Waals surface area contributed by atoms with Crippen LogP contribution in [0.3, 0.4) is 0 Å². The standard InChI is InChI=1S/C23H18ClNO4/c24-17-5-1-4-16(9-17)23(27)25-8-7-14-11-20-21(29-13-28-20)12-19(14)22(25)15-3-2-6-18(26)10-15/h1-6,9-12,22,26H,7-8,13H2. The Kier molecular flexibility index (Phi) is 4.32. The highest BCUT2D eigenvalue weighted by Crippen LogP contribution is 2.43. The van der Waals surface area contributed by atoms with E-state index in [1.54, 1.807) is 42.5 Å². The average Bonchev–Trinajstić information content (AvgIpc) is 3.18. The molecule has 3 aromatic rings. The predicted octanol–water partition coefficient (Wildman–Crippen LogP) is 4.56. The normalized spacial score (nSPS) is 17.1. The summed E-state index contributed by atoms with van der Waals surface area (Å²) in [5.41, 5.74) is 3.45. The van der Waals surface area contributed by atoms with Gasteiger partial charge in [-0.3, -0.25) is 4.79 Å². The lowest BCUT2D eigenvalue weighted by atomic mass is 9.87. The summed E-state index contributed by atoms with van der Waals surface area (Å²) in [6.07, 6.45) is 0.702. The summed E-state index contributed by atoms with van der Waals surface area (Å²) in [5, 5.41) is 10.6. The molecule has 0 aliphatic carbocycles. The van der Waals surface area contributed by atoms with Crippen molar-refractivity contribution >= 4 is 17.5 Å². The number of aromatic hydroxyl groups is 1. The number of carbonyl (C=O) groups excluding carboxylic acids is 1. The summed E-state index contributed by atoms with van der Waals surface area (Å²) < 4.78 is 11.1. The number of hydrogen-bond acceptors (Lipinski definition) is 4. The molecule has 5 nitrogen and oxygen atoms in total. The van der Waals surface area contributed by atoms with Crippen LogP contribution in [0.4, 0.5) is 0 Å². The van der Waals surface area contributed by atoms with E-state index in [2.05, 4.69) is 0 Å². The smallest absolute Gasteiger partial charge is 0.254 e. The lowest BCUT2D eigenvalue weighted by Gasteiger charge is -2.38. The molecule has 0 saturated heterocycles. The van der Waals surface area contributed by atoms with Gasteiger partial charge in [-0.15, -0.1) is 0 Å². The molecule has 0 radical (unpaired) electrons. The van der Waals surface area contributed by atoms with E-state index in [9.17, 15) is 9.90 Å². The van der Waals surface area contributed by atoms with Crippen LogP contribution >= 0.6 is 11.6 Å². The number of amides is 1. The molecule has 5 rings (SSSR count). The zero-order chi connectivity index (χ0) is 20.0. The van der Waals surface area contributed by atoms with Crippen molar-refractivity contribution in [3.8, 4) is 17.2 Å². The Labute approximate surface area is 173 Å². The molecule has 0 aromatic heterocycles. The number of phenols is 1. The Morgan fingerprint density at radius 2 is 1.83 bits per heavy atom. The van der Waals surface area contributed by atoms with Gasteiger partial charge in [0.1, 0.15) is 5.75 Å². The lowest BCUT2D eigenvalue weighted by Crippen LogP contribution is -2.40. The fourth-order valence-electron chi connectivity index (χ4n) is 4.07. The summed E-state index contributed by atoms with van der Waals surface area (Å²) in [5.74, 6) is 1.45. The van der Waals surface area contributed by atoms with Gasteiger partial charge in [0.2, 0.25) is 6.79 Å². The second-order valence-corrected chi connectivity index (χ2v) is 7.60. The predicted molar refractivity (Wildman–Crippen MR) is 109 cm³/mol. The van der Waals surface area contributed by atoms with Crippen LogP contribution in [0.1, 0.15) is 33.1 Å². The summed E-state index contributed by atoms with van der Waals surface area (Å²) in [6.45, 7) is 0.735. The van der Waals surface area contributed by atoms with Gasteiger partial charge in [0, 0.05) is 17.1 Å². The van der Waals surface area contributed by atoms with Gasteiger partial charge < -0.3 is 19.5 Å². The first kappa shape index (κ1) is 17.9. The van der Waals surface area contributed by atoms with Gasteiger partial charge in [0.15, 0.2) is 11.5 Å². The van der Waals surface area contributed by atoms with Crippen molar-refractivity contribution in [2.75, 3.05) is 13.3 Å². The molecule has 0 bridgehead atoms. The first-order valence-electron chi connectivity index (χ1n) is 9.38. The molecule has 0 fully saturated rings. The molecule has 1 atom stereocenters. The van der Waals surface area contributed by atoms with Crippen molar-refractivity contribution in [2.45, 2.75) is 12.5 Å². The van der Waals surface area contributed by atoms with Crippen LogP contribution in [0, 0.1) is 0 Å². The SMILES string of the molecule is O=C(c1cccc(Cl)c1)N1CCc2cc3c(cc2C1c1cccc(O)c1)OCO3. The second kappa shape index (κ2) is 7.01. The molecule has 3 aromatic carbocycles. The number of benzene rings is 3. The van der Waals surface area contributed by atoms with Crippen LogP contribution in [0.5, 0.6) is 17.2 Å². The van der Waals surface area contributed by atoms with E-state index in [4.69, 9.17) is 21.1 Å². The summed E-state index contributed by atoms with van der Waals surface area (Å²) in [6, 6.07) is 17.6. The Hall–Kier alpha value is -3.18. The molecule has 146 valence electrons. The van der Waals surface area contributed by atoms with E-state index >= 15 is 0 Å². The largest absolute Gasteiger partial charge is 0.508 e. The van der Waals surface area contributed by atoms with Crippen molar-refractivity contribution in [1.82, 2.24) is 4.90 Å². The van der Waals surface area contributed by atoms with E-state index in [1.807, 2.05) is 23.1 Å². The highest BCUT2D eigenvalue weighted by molar-refractivity contribution is 6.30. The van der Waals surface area contributed by atoms with E-state index in [1.165, 1.54) is 0 Å². The summed E-state index contributed by atoms with van der Waals surface area (Å²) in [4.78, 5) is 15.2. The minimum atomic E-state index is -0.355. The number of fused-ring (bicyclic) bond motifs is 2. The van der Waals surface area contributed by atoms with Crippen molar-refractivity contribution in [1.29, 1.82) is 0 Å². The molecule has 6 heteroatoms. The first-order valence-corrected chi connectivity index (χ1v) is 9.76. The van der Waals surface area contributed by atoms with Crippen LogP contribution in [0.2, 0.25) is 5.02 Å². The Morgan fingerprint density at radius 1 is 1.03 bits per heavy atom. The third kappa shape index (κ3) is 3.17. The van der Waals surface area contributed by atoms with Gasteiger partial charge in [0.25, 0.3) is 5.91 Å². The molecule has 29 heavy (non-hydrogen) atoms. The van der Waals surface area contributed by atoms with Gasteiger partial charge in [-0.05, 0) is 65.6 Å². The minimum Gasteiger partial charge on any atom is -0.508 e. The number of rotatable bonds is 2. The molecular formula is C23H18ClNO4. The Balaban J connectivity index is 1.64. The van der Waals surface area contributed by atoms with Gasteiger partial charge in [-0.2, -0.15) is 0 Å². The maximum atomic E-state index is 13.4. The average molecular weight is 408 g/mol. The molecule has 0 saturated carbocycles. The van der Waals surface area contributed by atoms with E-state index < -0.39 is 0 Å². The second-order valence-electron chi connectivity index (χ2n) is 7.16. The monoisotopic (exact) mass is 407 g/mol. The van der Waals surface area contributed by atoms with Gasteiger partial charge in [-0.25, -0.2) is 0 Å². The molecule has 1 N–H and O–H groups in total. The fourth-order valence-corrected chi connectivity index (χ4v) is 4.26.